The Kier molecular flexibility index (Phi) is 6.23. The molecule has 0 aliphatic carbocycles. The van der Waals surface area contributed by atoms with E-state index in [9.17, 15) is 13.5 Å². The predicted octanol–water partition coefficient (Wildman–Crippen LogP) is 2.11. The number of benzene rings is 1. The van der Waals surface area contributed by atoms with Crippen LogP contribution in [-0.2, 0) is 17.3 Å². The fourth-order valence-corrected chi connectivity index (χ4v) is 6.45. The van der Waals surface area contributed by atoms with Crippen LogP contribution in [0.4, 0.5) is 0 Å². The number of piperazine rings is 1. The normalized spacial score (nSPS) is 22.0. The molecule has 2 saturated heterocycles. The molecule has 7 nitrogen and oxygen atoms in total. The maximum atomic E-state index is 13.0. The fraction of sp³-hybridized carbons (Fsp3) is 0.636. The van der Waals surface area contributed by atoms with Crippen LogP contribution >= 0.6 is 0 Å². The van der Waals surface area contributed by atoms with Crippen LogP contribution in [0.15, 0.2) is 24.3 Å². The molecule has 1 N–H and O–H groups in total. The zero-order valence-corrected chi connectivity index (χ0v) is 19.1. The zero-order chi connectivity index (χ0) is 21.5. The summed E-state index contributed by atoms with van der Waals surface area (Å²) in [6.07, 6.45) is 1.29. The van der Waals surface area contributed by atoms with Crippen molar-refractivity contribution in [2.24, 2.45) is 13.0 Å². The Morgan fingerprint density at radius 1 is 1.03 bits per heavy atom. The second-order valence-corrected chi connectivity index (χ2v) is 10.8. The van der Waals surface area contributed by atoms with Crippen LogP contribution in [0.5, 0.6) is 0 Å². The van der Waals surface area contributed by atoms with E-state index in [4.69, 9.17) is 0 Å². The Hall–Kier alpha value is -1.45. The van der Waals surface area contributed by atoms with Gasteiger partial charge in [-0.05, 0) is 31.7 Å². The molecule has 0 amide bonds. The van der Waals surface area contributed by atoms with Gasteiger partial charge in [-0.15, -0.1) is 0 Å². The van der Waals surface area contributed by atoms with Gasteiger partial charge in [0, 0.05) is 75.0 Å². The van der Waals surface area contributed by atoms with Crippen LogP contribution in [0.1, 0.15) is 37.1 Å². The second-order valence-electron chi connectivity index (χ2n) is 8.88. The first-order valence-corrected chi connectivity index (χ1v) is 12.4. The van der Waals surface area contributed by atoms with Crippen molar-refractivity contribution in [1.82, 2.24) is 18.1 Å². The van der Waals surface area contributed by atoms with Gasteiger partial charge >= 0.3 is 0 Å². The van der Waals surface area contributed by atoms with E-state index >= 15 is 0 Å². The number of hydrogen-bond donors (Lipinski definition) is 1. The van der Waals surface area contributed by atoms with Crippen molar-refractivity contribution < 1.29 is 13.5 Å². The summed E-state index contributed by atoms with van der Waals surface area (Å²) in [6, 6.07) is 8.15. The molecule has 0 spiro atoms. The molecule has 0 unspecified atom stereocenters. The smallest absolute Gasteiger partial charge is 0.282 e. The number of nitrogens with zero attached hydrogens (tertiary/aromatic N) is 4. The number of aliphatic hydroxyl groups excluding tert-OH is 1. The summed E-state index contributed by atoms with van der Waals surface area (Å²) >= 11 is 0. The van der Waals surface area contributed by atoms with E-state index in [1.54, 1.807) is 8.61 Å². The molecular formula is C22H34N4O3S. The topological polar surface area (TPSA) is 69.0 Å². The van der Waals surface area contributed by atoms with Crippen LogP contribution < -0.4 is 0 Å². The van der Waals surface area contributed by atoms with Gasteiger partial charge in [-0.25, -0.2) is 0 Å². The third-order valence-corrected chi connectivity index (χ3v) is 8.97. The van der Waals surface area contributed by atoms with Crippen LogP contribution in [0.25, 0.3) is 10.9 Å². The largest absolute Gasteiger partial charge is 0.387 e. The molecule has 1 atom stereocenters. The lowest BCUT2D eigenvalue weighted by molar-refractivity contribution is 0.0906. The number of rotatable bonds is 5. The Labute approximate surface area is 180 Å². The summed E-state index contributed by atoms with van der Waals surface area (Å²) in [4.78, 5) is 2.18. The quantitative estimate of drug-likeness (QED) is 0.783. The SMILES string of the molecule is Cc1c([C@H](O)CN2CCN(S(=O)(=O)N3CCC(C)CC3)CC2)c2ccccc2n1C. The number of aromatic nitrogens is 1. The maximum Gasteiger partial charge on any atom is 0.282 e. The number of piperidine rings is 1. The van der Waals surface area contributed by atoms with Gasteiger partial charge in [0.1, 0.15) is 0 Å². The van der Waals surface area contributed by atoms with Gasteiger partial charge < -0.3 is 9.67 Å². The Morgan fingerprint density at radius 3 is 2.30 bits per heavy atom. The number of hydrogen-bond acceptors (Lipinski definition) is 4. The minimum atomic E-state index is -3.37. The number of fused-ring (bicyclic) bond motifs is 1. The van der Waals surface area contributed by atoms with Crippen LogP contribution in [0.2, 0.25) is 0 Å². The fourth-order valence-electron chi connectivity index (χ4n) is 4.83. The summed E-state index contributed by atoms with van der Waals surface area (Å²) in [7, 11) is -1.34. The molecule has 2 aromatic rings. The number of aliphatic hydroxyl groups is 1. The summed E-state index contributed by atoms with van der Waals surface area (Å²) in [5.41, 5.74) is 3.17. The third kappa shape index (κ3) is 4.03. The highest BCUT2D eigenvalue weighted by Gasteiger charge is 2.34. The summed E-state index contributed by atoms with van der Waals surface area (Å²) < 4.78 is 31.3. The maximum absolute atomic E-state index is 13.0. The van der Waals surface area contributed by atoms with Crippen molar-refractivity contribution in [3.05, 3.63) is 35.5 Å². The lowest BCUT2D eigenvalue weighted by Gasteiger charge is -2.39. The van der Waals surface area contributed by atoms with Gasteiger partial charge in [0.25, 0.3) is 10.2 Å². The molecule has 0 radical (unpaired) electrons. The van der Waals surface area contributed by atoms with Gasteiger partial charge in [-0.2, -0.15) is 17.0 Å². The Morgan fingerprint density at radius 2 is 1.63 bits per heavy atom. The average Bonchev–Trinajstić information content (AvgIpc) is 2.99. The highest BCUT2D eigenvalue weighted by atomic mass is 32.2. The molecule has 1 aromatic heterocycles. The molecule has 30 heavy (non-hydrogen) atoms. The molecule has 0 saturated carbocycles. The van der Waals surface area contributed by atoms with E-state index in [0.29, 0.717) is 51.7 Å². The average molecular weight is 435 g/mol. The minimum Gasteiger partial charge on any atom is -0.387 e. The molecular weight excluding hydrogens is 400 g/mol. The molecule has 4 rings (SSSR count). The highest BCUT2D eigenvalue weighted by molar-refractivity contribution is 7.86. The number of aryl methyl sites for hydroxylation is 1. The standard InChI is InChI=1S/C22H34N4O3S/c1-17-8-10-25(11-9-17)30(28,29)26-14-12-24(13-15-26)16-21(27)22-18(2)23(3)20-7-5-4-6-19(20)22/h4-7,17,21,27H,8-16H2,1-3H3/t21-/m1/s1. The molecule has 2 fully saturated rings. The van der Waals surface area contributed by atoms with Gasteiger partial charge in [-0.3, -0.25) is 4.90 Å². The molecule has 3 heterocycles. The van der Waals surface area contributed by atoms with Crippen LogP contribution in [0, 0.1) is 12.8 Å². The molecule has 2 aliphatic rings. The van der Waals surface area contributed by atoms with Crippen molar-refractivity contribution in [1.29, 1.82) is 0 Å². The first-order valence-electron chi connectivity index (χ1n) is 11.0. The van der Waals surface area contributed by atoms with Gasteiger partial charge in [0.15, 0.2) is 0 Å². The van der Waals surface area contributed by atoms with Crippen molar-refractivity contribution in [3.63, 3.8) is 0 Å². The van der Waals surface area contributed by atoms with Gasteiger partial charge in [0.2, 0.25) is 0 Å². The summed E-state index contributed by atoms with van der Waals surface area (Å²) in [5.74, 6) is 0.604. The van der Waals surface area contributed by atoms with Gasteiger partial charge in [-0.1, -0.05) is 25.1 Å². The number of β-amino-alcohol motifs (C(OH)–C–C–N with tert-alkyl or cyclic N) is 1. The van der Waals surface area contributed by atoms with E-state index in [1.807, 2.05) is 26.1 Å². The van der Waals surface area contributed by atoms with Gasteiger partial charge in [0.05, 0.1) is 6.10 Å². The lowest BCUT2D eigenvalue weighted by atomic mass is 10.0. The second kappa shape index (κ2) is 8.59. The van der Waals surface area contributed by atoms with Crippen molar-refractivity contribution in [2.75, 3.05) is 45.8 Å². The monoisotopic (exact) mass is 434 g/mol. The van der Waals surface area contributed by atoms with Crippen molar-refractivity contribution in [2.45, 2.75) is 32.8 Å². The predicted molar refractivity (Wildman–Crippen MR) is 120 cm³/mol. The zero-order valence-electron chi connectivity index (χ0n) is 18.3. The van der Waals surface area contributed by atoms with E-state index < -0.39 is 16.3 Å². The highest BCUT2D eigenvalue weighted by Crippen LogP contribution is 2.31. The number of para-hydroxylation sites is 1. The van der Waals surface area contributed by atoms with E-state index in [0.717, 1.165) is 35.0 Å². The minimum absolute atomic E-state index is 0.482. The van der Waals surface area contributed by atoms with Crippen molar-refractivity contribution >= 4 is 21.1 Å². The Bertz CT molecular complexity index is 987. The summed E-state index contributed by atoms with van der Waals surface area (Å²) in [6.45, 7) is 8.25. The molecule has 2 aliphatic heterocycles. The van der Waals surface area contributed by atoms with E-state index in [2.05, 4.69) is 28.5 Å². The van der Waals surface area contributed by atoms with E-state index in [1.165, 1.54) is 0 Å². The third-order valence-electron chi connectivity index (χ3n) is 6.94. The molecule has 166 valence electrons. The summed E-state index contributed by atoms with van der Waals surface area (Å²) in [5, 5.41) is 12.1. The van der Waals surface area contributed by atoms with E-state index in [-0.39, 0.29) is 0 Å². The first-order chi connectivity index (χ1) is 14.3. The van der Waals surface area contributed by atoms with Crippen molar-refractivity contribution in [3.8, 4) is 0 Å². The lowest BCUT2D eigenvalue weighted by Crippen LogP contribution is -2.54. The molecule has 0 bridgehead atoms. The Balaban J connectivity index is 1.39. The first kappa shape index (κ1) is 21.8. The van der Waals surface area contributed by atoms with Crippen LogP contribution in [-0.4, -0.2) is 77.4 Å². The molecule has 8 heteroatoms. The molecule has 1 aromatic carbocycles. The van der Waals surface area contributed by atoms with Crippen LogP contribution in [0.3, 0.4) is 0 Å².